The molecule has 0 aliphatic heterocycles. The van der Waals surface area contributed by atoms with Crippen molar-refractivity contribution >= 4 is 21.6 Å². The summed E-state index contributed by atoms with van der Waals surface area (Å²) in [4.78, 5) is 24.9. The van der Waals surface area contributed by atoms with Crippen molar-refractivity contribution in [3.05, 3.63) is 83.2 Å². The monoisotopic (exact) mass is 411 g/mol. The smallest absolute Gasteiger partial charge is 0.338 e. The van der Waals surface area contributed by atoms with Crippen LogP contribution in [0.3, 0.4) is 0 Å². The number of nitrogens with zero attached hydrogens (tertiary/aromatic N) is 1. The fourth-order valence-corrected chi connectivity index (χ4v) is 3.78. The zero-order valence-corrected chi connectivity index (χ0v) is 17.2. The number of sulfone groups is 1. The summed E-state index contributed by atoms with van der Waals surface area (Å²) in [6, 6.07) is 16.9. The minimum absolute atomic E-state index is 0.110. The fourth-order valence-electron chi connectivity index (χ4n) is 3.15. The molecule has 7 heteroatoms. The number of ether oxygens (including phenoxy) is 1. The maximum absolute atomic E-state index is 12.6. The van der Waals surface area contributed by atoms with E-state index in [0.717, 1.165) is 23.3 Å². The number of ketones is 1. The largest absolute Gasteiger partial charge is 0.454 e. The zero-order chi connectivity index (χ0) is 21.2. The van der Waals surface area contributed by atoms with Crippen LogP contribution in [0.5, 0.6) is 0 Å². The molecule has 3 rings (SSSR count). The summed E-state index contributed by atoms with van der Waals surface area (Å²) in [5.74, 6) is -0.989. The molecule has 0 N–H and O–H groups in total. The molecular formula is C22H21NO5S. The van der Waals surface area contributed by atoms with E-state index < -0.39 is 22.4 Å². The Morgan fingerprint density at radius 3 is 2.17 bits per heavy atom. The summed E-state index contributed by atoms with van der Waals surface area (Å²) in [6.07, 6.45) is 1.09. The molecule has 0 fully saturated rings. The maximum atomic E-state index is 12.6. The summed E-state index contributed by atoms with van der Waals surface area (Å²) in [7, 11) is -3.35. The van der Waals surface area contributed by atoms with Crippen LogP contribution >= 0.6 is 0 Å². The lowest BCUT2D eigenvalue weighted by atomic mass is 10.1. The van der Waals surface area contributed by atoms with Crippen molar-refractivity contribution in [2.24, 2.45) is 0 Å². The molecule has 0 atom stereocenters. The van der Waals surface area contributed by atoms with Gasteiger partial charge in [-0.15, -0.1) is 0 Å². The number of aryl methyl sites for hydroxylation is 1. The Kier molecular flexibility index (Phi) is 5.70. The quantitative estimate of drug-likeness (QED) is 0.458. The molecule has 150 valence electrons. The highest BCUT2D eigenvalue weighted by atomic mass is 32.2. The van der Waals surface area contributed by atoms with E-state index in [1.165, 1.54) is 24.3 Å². The minimum atomic E-state index is -3.35. The molecule has 0 aliphatic carbocycles. The predicted molar refractivity (Wildman–Crippen MR) is 109 cm³/mol. The van der Waals surface area contributed by atoms with Gasteiger partial charge in [-0.3, -0.25) is 4.79 Å². The molecule has 29 heavy (non-hydrogen) atoms. The van der Waals surface area contributed by atoms with Crippen LogP contribution in [0.1, 0.15) is 32.1 Å². The van der Waals surface area contributed by atoms with Crippen LogP contribution in [-0.2, 0) is 14.6 Å². The van der Waals surface area contributed by atoms with Crippen LogP contribution in [0.25, 0.3) is 5.69 Å². The second-order valence-electron chi connectivity index (χ2n) is 6.75. The Labute approximate surface area is 169 Å². The van der Waals surface area contributed by atoms with Crippen molar-refractivity contribution < 1.29 is 22.7 Å². The highest BCUT2D eigenvalue weighted by Gasteiger charge is 2.19. The zero-order valence-electron chi connectivity index (χ0n) is 16.4. The van der Waals surface area contributed by atoms with E-state index >= 15 is 0 Å². The number of benzene rings is 2. The van der Waals surface area contributed by atoms with E-state index in [4.69, 9.17) is 4.74 Å². The third kappa shape index (κ3) is 4.46. The second kappa shape index (κ2) is 8.05. The predicted octanol–water partition coefficient (Wildman–Crippen LogP) is 3.54. The van der Waals surface area contributed by atoms with Gasteiger partial charge in [-0.2, -0.15) is 0 Å². The Bertz CT molecular complexity index is 1160. The second-order valence-corrected chi connectivity index (χ2v) is 8.77. The Hall–Kier alpha value is -3.19. The van der Waals surface area contributed by atoms with E-state index in [-0.39, 0.29) is 16.2 Å². The first-order valence-electron chi connectivity index (χ1n) is 8.93. The van der Waals surface area contributed by atoms with Crippen LogP contribution in [0, 0.1) is 13.8 Å². The molecule has 0 amide bonds. The maximum Gasteiger partial charge on any atom is 0.338 e. The minimum Gasteiger partial charge on any atom is -0.454 e. The van der Waals surface area contributed by atoms with Crippen molar-refractivity contribution in [2.45, 2.75) is 18.7 Å². The van der Waals surface area contributed by atoms with Gasteiger partial charge in [0, 0.05) is 28.9 Å². The van der Waals surface area contributed by atoms with Gasteiger partial charge in [0.15, 0.2) is 16.4 Å². The van der Waals surface area contributed by atoms with Crippen LogP contribution in [0.2, 0.25) is 0 Å². The van der Waals surface area contributed by atoms with E-state index in [1.807, 2.05) is 48.7 Å². The number of rotatable bonds is 6. The molecular weight excluding hydrogens is 390 g/mol. The first kappa shape index (κ1) is 20.5. The third-order valence-electron chi connectivity index (χ3n) is 4.60. The van der Waals surface area contributed by atoms with Gasteiger partial charge in [-0.1, -0.05) is 18.2 Å². The van der Waals surface area contributed by atoms with Gasteiger partial charge >= 0.3 is 5.97 Å². The number of Topliss-reactive ketones (excluding diaryl/α,β-unsaturated/α-hetero) is 1. The Morgan fingerprint density at radius 2 is 1.59 bits per heavy atom. The van der Waals surface area contributed by atoms with Crippen LogP contribution < -0.4 is 0 Å². The van der Waals surface area contributed by atoms with Gasteiger partial charge in [0.2, 0.25) is 5.78 Å². The van der Waals surface area contributed by atoms with Crippen molar-refractivity contribution in [3.63, 3.8) is 0 Å². The number of carbonyl (C=O) groups excluding carboxylic acids is 2. The van der Waals surface area contributed by atoms with Crippen molar-refractivity contribution in [1.29, 1.82) is 0 Å². The average Bonchev–Trinajstić information content (AvgIpc) is 3.00. The fraction of sp³-hybridized carbons (Fsp3) is 0.182. The third-order valence-corrected chi connectivity index (χ3v) is 5.73. The van der Waals surface area contributed by atoms with E-state index in [1.54, 1.807) is 6.07 Å². The highest BCUT2D eigenvalue weighted by Crippen LogP contribution is 2.21. The first-order chi connectivity index (χ1) is 13.7. The molecule has 1 aromatic heterocycles. The molecule has 2 aromatic carbocycles. The number of hydrogen-bond acceptors (Lipinski definition) is 5. The molecule has 0 saturated carbocycles. The van der Waals surface area contributed by atoms with E-state index in [2.05, 4.69) is 0 Å². The molecule has 0 unspecified atom stereocenters. The lowest BCUT2D eigenvalue weighted by molar-refractivity contribution is 0.0474. The molecule has 0 bridgehead atoms. The van der Waals surface area contributed by atoms with Crippen molar-refractivity contribution in [2.75, 3.05) is 12.9 Å². The number of aromatic nitrogens is 1. The van der Waals surface area contributed by atoms with Gasteiger partial charge in [0.1, 0.15) is 0 Å². The Morgan fingerprint density at radius 1 is 0.966 bits per heavy atom. The molecule has 1 heterocycles. The van der Waals surface area contributed by atoms with Gasteiger partial charge in [0.05, 0.1) is 10.5 Å². The Balaban J connectivity index is 1.72. The van der Waals surface area contributed by atoms with Gasteiger partial charge in [0.25, 0.3) is 0 Å². The van der Waals surface area contributed by atoms with Crippen molar-refractivity contribution in [3.8, 4) is 5.69 Å². The first-order valence-corrected chi connectivity index (χ1v) is 10.8. The normalized spacial score (nSPS) is 11.3. The lowest BCUT2D eigenvalue weighted by Crippen LogP contribution is -2.15. The standard InChI is InChI=1S/C22H21NO5S/c1-15-13-20(16(2)23(15)18-7-5-4-6-8-18)21(24)14-28-22(25)17-9-11-19(12-10-17)29(3,26)27/h4-13H,14H2,1-3H3. The molecule has 0 spiro atoms. The van der Waals surface area contributed by atoms with Crippen LogP contribution in [0.15, 0.2) is 65.6 Å². The van der Waals surface area contributed by atoms with Gasteiger partial charge < -0.3 is 9.30 Å². The lowest BCUT2D eigenvalue weighted by Gasteiger charge is -2.09. The SMILES string of the molecule is Cc1cc(C(=O)COC(=O)c2ccc(S(C)(=O)=O)cc2)c(C)n1-c1ccccc1. The number of carbonyl (C=O) groups is 2. The summed E-state index contributed by atoms with van der Waals surface area (Å²) >= 11 is 0. The number of hydrogen-bond donors (Lipinski definition) is 0. The van der Waals surface area contributed by atoms with Gasteiger partial charge in [-0.25, -0.2) is 13.2 Å². The summed E-state index contributed by atoms with van der Waals surface area (Å²) in [6.45, 7) is 3.36. The molecule has 6 nitrogen and oxygen atoms in total. The number of para-hydroxylation sites is 1. The average molecular weight is 411 g/mol. The summed E-state index contributed by atoms with van der Waals surface area (Å²) in [5.41, 5.74) is 3.29. The van der Waals surface area contributed by atoms with E-state index in [9.17, 15) is 18.0 Å². The van der Waals surface area contributed by atoms with E-state index in [0.29, 0.717) is 5.56 Å². The van der Waals surface area contributed by atoms with Crippen LogP contribution in [-0.4, -0.2) is 37.6 Å². The van der Waals surface area contributed by atoms with Crippen molar-refractivity contribution in [1.82, 2.24) is 4.57 Å². The molecule has 3 aromatic rings. The topological polar surface area (TPSA) is 82.4 Å². The van der Waals surface area contributed by atoms with Gasteiger partial charge in [-0.05, 0) is 56.3 Å². The summed E-state index contributed by atoms with van der Waals surface area (Å²) < 4.78 is 30.1. The molecule has 0 aliphatic rings. The molecule has 0 saturated heterocycles. The van der Waals surface area contributed by atoms with Crippen LogP contribution in [0.4, 0.5) is 0 Å². The molecule has 0 radical (unpaired) electrons. The summed E-state index contributed by atoms with van der Waals surface area (Å²) in [5, 5.41) is 0. The number of esters is 1. The highest BCUT2D eigenvalue weighted by molar-refractivity contribution is 7.90.